The Hall–Kier alpha value is -2.00. The van der Waals surface area contributed by atoms with E-state index in [4.69, 9.17) is 4.74 Å². The first-order chi connectivity index (χ1) is 11.8. The van der Waals surface area contributed by atoms with Gasteiger partial charge in [-0.15, -0.1) is 0 Å². The van der Waals surface area contributed by atoms with E-state index in [2.05, 4.69) is 52.3 Å². The van der Waals surface area contributed by atoms with E-state index in [1.807, 2.05) is 6.07 Å². The van der Waals surface area contributed by atoms with Gasteiger partial charge >= 0.3 is 0 Å². The second-order valence-corrected chi connectivity index (χ2v) is 6.86. The Morgan fingerprint density at radius 3 is 2.38 bits per heavy atom. The highest BCUT2D eigenvalue weighted by Crippen LogP contribution is 2.30. The fraction of sp³-hybridized carbons (Fsp3) is 0.429. The minimum atomic E-state index is 0.708. The average Bonchev–Trinajstić information content (AvgIpc) is 2.67. The van der Waals surface area contributed by atoms with Crippen LogP contribution in [0.25, 0.3) is 0 Å². The summed E-state index contributed by atoms with van der Waals surface area (Å²) in [5.74, 6) is 0.984. The molecule has 0 bridgehead atoms. The molecule has 1 atom stereocenters. The number of para-hydroxylation sites is 2. The summed E-state index contributed by atoms with van der Waals surface area (Å²) >= 11 is 0. The summed E-state index contributed by atoms with van der Waals surface area (Å²) in [7, 11) is 1.76. The fourth-order valence-electron chi connectivity index (χ4n) is 4.21. The van der Waals surface area contributed by atoms with Gasteiger partial charge in [-0.1, -0.05) is 36.4 Å². The molecular weight excluding hydrogens is 296 g/mol. The van der Waals surface area contributed by atoms with Gasteiger partial charge in [0.05, 0.1) is 12.8 Å². The van der Waals surface area contributed by atoms with Crippen LogP contribution in [0.5, 0.6) is 5.75 Å². The molecule has 0 aromatic heterocycles. The molecule has 1 heterocycles. The van der Waals surface area contributed by atoms with E-state index in [-0.39, 0.29) is 0 Å². The van der Waals surface area contributed by atoms with Crippen LogP contribution in [0.3, 0.4) is 0 Å². The van der Waals surface area contributed by atoms with Crippen molar-refractivity contribution < 1.29 is 4.74 Å². The van der Waals surface area contributed by atoms with E-state index >= 15 is 0 Å². The summed E-state index contributed by atoms with van der Waals surface area (Å²) in [5.41, 5.74) is 4.34. The summed E-state index contributed by atoms with van der Waals surface area (Å²) in [6.45, 7) is 4.45. The number of aryl methyl sites for hydroxylation is 1. The highest BCUT2D eigenvalue weighted by Gasteiger charge is 2.27. The molecule has 4 rings (SSSR count). The van der Waals surface area contributed by atoms with Crippen LogP contribution in [-0.4, -0.2) is 44.2 Å². The lowest BCUT2D eigenvalue weighted by Crippen LogP contribution is -2.51. The van der Waals surface area contributed by atoms with Crippen LogP contribution in [0.2, 0.25) is 0 Å². The molecule has 1 fully saturated rings. The Balaban J connectivity index is 1.40. The monoisotopic (exact) mass is 322 g/mol. The van der Waals surface area contributed by atoms with Crippen molar-refractivity contribution in [2.45, 2.75) is 25.3 Å². The smallest absolute Gasteiger partial charge is 0.142 e. The number of rotatable bonds is 3. The zero-order valence-corrected chi connectivity index (χ0v) is 14.4. The molecule has 2 aromatic carbocycles. The summed E-state index contributed by atoms with van der Waals surface area (Å²) in [5, 5.41) is 0. The van der Waals surface area contributed by atoms with Crippen molar-refractivity contribution in [3.8, 4) is 5.75 Å². The normalized spacial score (nSPS) is 21.4. The molecule has 0 saturated carbocycles. The standard InChI is InChI=1S/C21H26N2O/c1-24-21-9-5-4-8-20(21)23-14-12-22(13-15-23)19-11-10-17-6-2-3-7-18(17)16-19/h2-9,19H,10-16H2,1H3/t19-/m1/s1. The van der Waals surface area contributed by atoms with Crippen molar-refractivity contribution in [2.75, 3.05) is 38.2 Å². The number of hydrogen-bond donors (Lipinski definition) is 0. The lowest BCUT2D eigenvalue weighted by atomic mass is 9.87. The molecule has 1 saturated heterocycles. The number of ether oxygens (including phenoxy) is 1. The first-order valence-electron chi connectivity index (χ1n) is 9.04. The van der Waals surface area contributed by atoms with Crippen LogP contribution in [-0.2, 0) is 12.8 Å². The molecule has 3 nitrogen and oxygen atoms in total. The maximum absolute atomic E-state index is 5.53. The molecule has 2 aromatic rings. The molecule has 0 N–H and O–H groups in total. The number of piperazine rings is 1. The minimum Gasteiger partial charge on any atom is -0.495 e. The fourth-order valence-corrected chi connectivity index (χ4v) is 4.21. The highest BCUT2D eigenvalue weighted by molar-refractivity contribution is 5.58. The first kappa shape index (κ1) is 15.5. The van der Waals surface area contributed by atoms with Crippen molar-refractivity contribution in [1.82, 2.24) is 4.90 Å². The van der Waals surface area contributed by atoms with Gasteiger partial charge in [-0.05, 0) is 42.5 Å². The van der Waals surface area contributed by atoms with Crippen LogP contribution in [0.4, 0.5) is 5.69 Å². The number of nitrogens with zero attached hydrogens (tertiary/aromatic N) is 2. The summed E-state index contributed by atoms with van der Waals surface area (Å²) < 4.78 is 5.53. The molecule has 2 aliphatic rings. The lowest BCUT2D eigenvalue weighted by molar-refractivity contribution is 0.169. The van der Waals surface area contributed by atoms with Gasteiger partial charge in [0.2, 0.25) is 0 Å². The number of fused-ring (bicyclic) bond motifs is 1. The molecule has 0 radical (unpaired) electrons. The Labute approximate surface area is 144 Å². The van der Waals surface area contributed by atoms with Crippen LogP contribution in [0.1, 0.15) is 17.5 Å². The third kappa shape index (κ3) is 3.01. The zero-order chi connectivity index (χ0) is 16.4. The average molecular weight is 322 g/mol. The van der Waals surface area contributed by atoms with Gasteiger partial charge < -0.3 is 9.64 Å². The van der Waals surface area contributed by atoms with Crippen LogP contribution in [0.15, 0.2) is 48.5 Å². The van der Waals surface area contributed by atoms with Gasteiger partial charge in [0.1, 0.15) is 5.75 Å². The van der Waals surface area contributed by atoms with Crippen molar-refractivity contribution >= 4 is 5.69 Å². The molecule has 0 unspecified atom stereocenters. The van der Waals surface area contributed by atoms with Gasteiger partial charge in [-0.25, -0.2) is 0 Å². The predicted molar refractivity (Wildman–Crippen MR) is 99.0 cm³/mol. The molecule has 1 aliphatic carbocycles. The Bertz CT molecular complexity index is 692. The largest absolute Gasteiger partial charge is 0.495 e. The van der Waals surface area contributed by atoms with E-state index < -0.39 is 0 Å². The predicted octanol–water partition coefficient (Wildman–Crippen LogP) is 3.37. The first-order valence-corrected chi connectivity index (χ1v) is 9.04. The molecule has 3 heteroatoms. The Kier molecular flexibility index (Phi) is 4.44. The van der Waals surface area contributed by atoms with Crippen LogP contribution < -0.4 is 9.64 Å². The number of hydrogen-bond acceptors (Lipinski definition) is 3. The maximum atomic E-state index is 5.53. The van der Waals surface area contributed by atoms with Crippen LogP contribution in [0, 0.1) is 0 Å². The third-order valence-electron chi connectivity index (χ3n) is 5.58. The SMILES string of the molecule is COc1ccccc1N1CCN([C@@H]2CCc3ccccc3C2)CC1. The Morgan fingerprint density at radius 2 is 1.58 bits per heavy atom. The molecule has 0 amide bonds. The minimum absolute atomic E-state index is 0.708. The zero-order valence-electron chi connectivity index (χ0n) is 14.4. The second-order valence-electron chi connectivity index (χ2n) is 6.86. The van der Waals surface area contributed by atoms with Gasteiger partial charge in [0, 0.05) is 32.2 Å². The van der Waals surface area contributed by atoms with E-state index in [0.29, 0.717) is 6.04 Å². The quantitative estimate of drug-likeness (QED) is 0.862. The topological polar surface area (TPSA) is 15.7 Å². The lowest BCUT2D eigenvalue weighted by Gasteiger charge is -2.42. The van der Waals surface area contributed by atoms with Crippen molar-refractivity contribution in [3.05, 3.63) is 59.7 Å². The van der Waals surface area contributed by atoms with Crippen molar-refractivity contribution in [1.29, 1.82) is 0 Å². The van der Waals surface area contributed by atoms with Gasteiger partial charge in [-0.2, -0.15) is 0 Å². The third-order valence-corrected chi connectivity index (χ3v) is 5.58. The van der Waals surface area contributed by atoms with E-state index in [0.717, 1.165) is 31.9 Å². The molecule has 0 spiro atoms. The van der Waals surface area contributed by atoms with Gasteiger partial charge in [0.25, 0.3) is 0 Å². The summed E-state index contributed by atoms with van der Waals surface area (Å²) in [6.07, 6.45) is 3.74. The van der Waals surface area contributed by atoms with E-state index in [9.17, 15) is 0 Å². The summed E-state index contributed by atoms with van der Waals surface area (Å²) in [4.78, 5) is 5.16. The molecular formula is C21H26N2O. The maximum Gasteiger partial charge on any atom is 0.142 e. The molecule has 1 aliphatic heterocycles. The van der Waals surface area contributed by atoms with E-state index in [1.54, 1.807) is 18.2 Å². The highest BCUT2D eigenvalue weighted by atomic mass is 16.5. The number of benzene rings is 2. The summed E-state index contributed by atoms with van der Waals surface area (Å²) in [6, 6.07) is 18.0. The number of anilines is 1. The van der Waals surface area contributed by atoms with Gasteiger partial charge in [0.15, 0.2) is 0 Å². The molecule has 24 heavy (non-hydrogen) atoms. The Morgan fingerprint density at radius 1 is 0.875 bits per heavy atom. The molecule has 126 valence electrons. The van der Waals surface area contributed by atoms with Crippen molar-refractivity contribution in [2.24, 2.45) is 0 Å². The van der Waals surface area contributed by atoms with E-state index in [1.165, 1.54) is 24.9 Å². The van der Waals surface area contributed by atoms with Gasteiger partial charge in [-0.3, -0.25) is 4.90 Å². The second kappa shape index (κ2) is 6.86. The van der Waals surface area contributed by atoms with Crippen molar-refractivity contribution in [3.63, 3.8) is 0 Å². The number of methoxy groups -OCH3 is 1. The van der Waals surface area contributed by atoms with Crippen LogP contribution >= 0.6 is 0 Å².